The normalized spacial score (nSPS) is 13.3. The van der Waals surface area contributed by atoms with Crippen LogP contribution in [-0.4, -0.2) is 35.2 Å². The minimum atomic E-state index is -1.39. The molecule has 0 amide bonds. The molecule has 3 nitrogen and oxygen atoms in total. The van der Waals surface area contributed by atoms with Crippen LogP contribution in [0.3, 0.4) is 0 Å². The molecule has 1 aromatic carbocycles. The van der Waals surface area contributed by atoms with Crippen molar-refractivity contribution in [3.05, 3.63) is 44.9 Å². The second kappa shape index (κ2) is 6.36. The third kappa shape index (κ3) is 3.83. The summed E-state index contributed by atoms with van der Waals surface area (Å²) in [6.07, 6.45) is 2.99. The Bertz CT molecular complexity index is 527. The number of halogens is 2. The summed E-state index contributed by atoms with van der Waals surface area (Å²) in [5.74, 6) is -0.355. The standard InChI is InChI=1S/C12H13Cl2NO2S/c1-15(2)7-11(18(3)17)12(16)9-5-4-8(13)6-10(9)14/h4-7H,1-3H3. The molecule has 0 fully saturated rings. The molecule has 18 heavy (non-hydrogen) atoms. The Labute approximate surface area is 119 Å². The molecule has 1 aromatic rings. The number of hydrogen-bond donors (Lipinski definition) is 0. The number of carbonyl (C=O) groups excluding carboxylic acids is 1. The van der Waals surface area contributed by atoms with E-state index in [0.717, 1.165) is 0 Å². The molecule has 0 saturated heterocycles. The highest BCUT2D eigenvalue weighted by atomic mass is 35.5. The van der Waals surface area contributed by atoms with Crippen LogP contribution >= 0.6 is 23.2 Å². The maximum absolute atomic E-state index is 12.2. The smallest absolute Gasteiger partial charge is 0.204 e. The van der Waals surface area contributed by atoms with Gasteiger partial charge in [-0.1, -0.05) is 23.2 Å². The average Bonchev–Trinajstić information content (AvgIpc) is 2.24. The number of rotatable bonds is 4. The Hall–Kier alpha value is -0.840. The van der Waals surface area contributed by atoms with Crippen molar-refractivity contribution < 1.29 is 9.00 Å². The van der Waals surface area contributed by atoms with Gasteiger partial charge in [0.05, 0.1) is 15.8 Å². The number of allylic oxidation sites excluding steroid dienone is 1. The lowest BCUT2D eigenvalue weighted by atomic mass is 10.1. The number of ketones is 1. The van der Waals surface area contributed by atoms with E-state index in [1.165, 1.54) is 24.6 Å². The fourth-order valence-electron chi connectivity index (χ4n) is 1.30. The molecule has 0 aliphatic rings. The number of carbonyl (C=O) groups is 1. The molecule has 0 aliphatic heterocycles. The van der Waals surface area contributed by atoms with Crippen LogP contribution in [0.2, 0.25) is 10.0 Å². The van der Waals surface area contributed by atoms with E-state index in [1.54, 1.807) is 25.1 Å². The zero-order valence-electron chi connectivity index (χ0n) is 10.2. The summed E-state index contributed by atoms with van der Waals surface area (Å²) >= 11 is 11.7. The van der Waals surface area contributed by atoms with Crippen molar-refractivity contribution in [1.29, 1.82) is 0 Å². The van der Waals surface area contributed by atoms with E-state index in [9.17, 15) is 9.00 Å². The first kappa shape index (κ1) is 15.2. The molecule has 0 N–H and O–H groups in total. The lowest BCUT2D eigenvalue weighted by Gasteiger charge is -2.10. The largest absolute Gasteiger partial charge is 0.382 e. The van der Waals surface area contributed by atoms with Gasteiger partial charge in [-0.25, -0.2) is 0 Å². The van der Waals surface area contributed by atoms with Gasteiger partial charge in [0.25, 0.3) is 0 Å². The van der Waals surface area contributed by atoms with Crippen LogP contribution in [0.15, 0.2) is 29.3 Å². The fourth-order valence-corrected chi connectivity index (χ4v) is 2.53. The van der Waals surface area contributed by atoms with Gasteiger partial charge in [-0.05, 0) is 18.2 Å². The Kier molecular flexibility index (Phi) is 5.38. The summed E-state index contributed by atoms with van der Waals surface area (Å²) in [5.41, 5.74) is 0.296. The zero-order chi connectivity index (χ0) is 13.9. The van der Waals surface area contributed by atoms with E-state index in [-0.39, 0.29) is 15.7 Å². The molecule has 6 heteroatoms. The third-order valence-corrected chi connectivity index (χ3v) is 3.54. The molecular weight excluding hydrogens is 293 g/mol. The molecule has 0 bridgehead atoms. The molecule has 98 valence electrons. The van der Waals surface area contributed by atoms with E-state index in [1.807, 2.05) is 0 Å². The summed E-state index contributed by atoms with van der Waals surface area (Å²) in [7, 11) is 2.12. The Balaban J connectivity index is 3.23. The topological polar surface area (TPSA) is 37.4 Å². The lowest BCUT2D eigenvalue weighted by Crippen LogP contribution is -2.13. The van der Waals surface area contributed by atoms with Crippen LogP contribution < -0.4 is 0 Å². The highest BCUT2D eigenvalue weighted by Crippen LogP contribution is 2.24. The fraction of sp³-hybridized carbons (Fsp3) is 0.250. The summed E-state index contributed by atoms with van der Waals surface area (Å²) in [4.78, 5) is 14.1. The van der Waals surface area contributed by atoms with Gasteiger partial charge in [0.15, 0.2) is 0 Å². The quantitative estimate of drug-likeness (QED) is 0.634. The van der Waals surface area contributed by atoms with Crippen LogP contribution in [0.25, 0.3) is 0 Å². The van der Waals surface area contributed by atoms with Gasteiger partial charge in [-0.3, -0.25) is 9.00 Å². The Morgan fingerprint density at radius 3 is 2.39 bits per heavy atom. The predicted molar refractivity (Wildman–Crippen MR) is 76.6 cm³/mol. The third-order valence-electron chi connectivity index (χ3n) is 2.08. The molecule has 0 heterocycles. The molecule has 1 rings (SSSR count). The number of nitrogens with zero attached hydrogens (tertiary/aromatic N) is 1. The highest BCUT2D eigenvalue weighted by molar-refractivity contribution is 7.89. The molecule has 0 aromatic heterocycles. The van der Waals surface area contributed by atoms with Crippen LogP contribution in [-0.2, 0) is 10.8 Å². The second-order valence-electron chi connectivity index (χ2n) is 3.86. The monoisotopic (exact) mass is 305 g/mol. The molecule has 1 unspecified atom stereocenters. The maximum atomic E-state index is 12.2. The van der Waals surface area contributed by atoms with Crippen LogP contribution in [0.5, 0.6) is 0 Å². The SMILES string of the molecule is CN(C)C=C(C(=O)c1ccc(Cl)cc1Cl)S(C)=O. The van der Waals surface area contributed by atoms with Gasteiger partial charge in [0.2, 0.25) is 5.78 Å². The highest BCUT2D eigenvalue weighted by Gasteiger charge is 2.19. The molecular formula is C12H13Cl2NO2S. The Morgan fingerprint density at radius 2 is 1.94 bits per heavy atom. The van der Waals surface area contributed by atoms with Crippen molar-refractivity contribution in [3.63, 3.8) is 0 Å². The van der Waals surface area contributed by atoms with Crippen molar-refractivity contribution >= 4 is 39.8 Å². The number of benzene rings is 1. The number of Topliss-reactive ketones (excluding diaryl/α,β-unsaturated/α-hetero) is 1. The van der Waals surface area contributed by atoms with Gasteiger partial charge in [-0.2, -0.15) is 0 Å². The second-order valence-corrected chi connectivity index (χ2v) is 6.06. The molecule has 0 aliphatic carbocycles. The van der Waals surface area contributed by atoms with Crippen molar-refractivity contribution in [1.82, 2.24) is 4.90 Å². The first-order chi connectivity index (χ1) is 8.32. The average molecular weight is 306 g/mol. The lowest BCUT2D eigenvalue weighted by molar-refractivity contribution is 0.104. The minimum absolute atomic E-state index is 0.198. The zero-order valence-corrected chi connectivity index (χ0v) is 12.6. The van der Waals surface area contributed by atoms with E-state index in [0.29, 0.717) is 10.6 Å². The van der Waals surface area contributed by atoms with Crippen LogP contribution in [0, 0.1) is 0 Å². The van der Waals surface area contributed by atoms with Crippen molar-refractivity contribution in [2.75, 3.05) is 20.4 Å². The predicted octanol–water partition coefficient (Wildman–Crippen LogP) is 2.96. The van der Waals surface area contributed by atoms with Crippen molar-refractivity contribution in [3.8, 4) is 0 Å². The van der Waals surface area contributed by atoms with Gasteiger partial charge in [0, 0.05) is 37.1 Å². The van der Waals surface area contributed by atoms with E-state index in [4.69, 9.17) is 23.2 Å². The summed E-state index contributed by atoms with van der Waals surface area (Å²) in [6.45, 7) is 0. The van der Waals surface area contributed by atoms with Gasteiger partial charge < -0.3 is 4.90 Å². The molecule has 0 radical (unpaired) electrons. The van der Waals surface area contributed by atoms with Crippen LogP contribution in [0.4, 0.5) is 0 Å². The van der Waals surface area contributed by atoms with Gasteiger partial charge in [-0.15, -0.1) is 0 Å². The summed E-state index contributed by atoms with van der Waals surface area (Å²) in [6, 6.07) is 4.60. The summed E-state index contributed by atoms with van der Waals surface area (Å²) in [5, 5.41) is 0.704. The summed E-state index contributed by atoms with van der Waals surface area (Å²) < 4.78 is 11.6. The minimum Gasteiger partial charge on any atom is -0.382 e. The van der Waals surface area contributed by atoms with Crippen molar-refractivity contribution in [2.24, 2.45) is 0 Å². The van der Waals surface area contributed by atoms with Gasteiger partial charge >= 0.3 is 0 Å². The van der Waals surface area contributed by atoms with E-state index < -0.39 is 10.8 Å². The van der Waals surface area contributed by atoms with Gasteiger partial charge in [0.1, 0.15) is 4.91 Å². The van der Waals surface area contributed by atoms with E-state index >= 15 is 0 Å². The van der Waals surface area contributed by atoms with E-state index in [2.05, 4.69) is 0 Å². The first-order valence-corrected chi connectivity index (χ1v) is 7.35. The maximum Gasteiger partial charge on any atom is 0.204 e. The van der Waals surface area contributed by atoms with Crippen LogP contribution in [0.1, 0.15) is 10.4 Å². The Morgan fingerprint density at radius 1 is 1.33 bits per heavy atom. The molecule has 0 spiro atoms. The van der Waals surface area contributed by atoms with Crippen molar-refractivity contribution in [2.45, 2.75) is 0 Å². The number of hydrogen-bond acceptors (Lipinski definition) is 3. The molecule has 0 saturated carbocycles. The first-order valence-electron chi connectivity index (χ1n) is 5.04. The molecule has 1 atom stereocenters.